The average molecular weight is 287 g/mol. The zero-order chi connectivity index (χ0) is 15.3. The van der Waals surface area contributed by atoms with Crippen LogP contribution in [0.1, 0.15) is 46.2 Å². The summed E-state index contributed by atoms with van der Waals surface area (Å²) in [6.07, 6.45) is 3.42. The Labute approximate surface area is 128 Å². The molecule has 1 aromatic carbocycles. The van der Waals surface area contributed by atoms with E-state index in [1.54, 1.807) is 0 Å². The zero-order valence-corrected chi connectivity index (χ0v) is 13.9. The normalized spacial score (nSPS) is 12.2. The average Bonchev–Trinajstić information content (AvgIpc) is 2.81. The van der Waals surface area contributed by atoms with Gasteiger partial charge >= 0.3 is 0 Å². The van der Waals surface area contributed by atoms with Crippen molar-refractivity contribution in [3.63, 3.8) is 0 Å². The molecular weight excluding hydrogens is 258 g/mol. The molecule has 0 amide bonds. The number of fused-ring (bicyclic) bond motifs is 1. The first kappa shape index (κ1) is 16.0. The van der Waals surface area contributed by atoms with Crippen LogP contribution in [0.4, 0.5) is 0 Å². The second-order valence-electron chi connectivity index (χ2n) is 6.62. The van der Waals surface area contributed by atoms with Gasteiger partial charge in [-0.15, -0.1) is 0 Å². The van der Waals surface area contributed by atoms with Gasteiger partial charge in [-0.05, 0) is 50.8 Å². The Kier molecular flexibility index (Phi) is 5.40. The van der Waals surface area contributed by atoms with E-state index in [1.807, 2.05) is 0 Å². The summed E-state index contributed by atoms with van der Waals surface area (Å²) in [5.41, 5.74) is 2.78. The molecule has 0 atom stereocenters. The zero-order valence-electron chi connectivity index (χ0n) is 13.9. The van der Waals surface area contributed by atoms with Crippen LogP contribution in [0, 0.1) is 5.41 Å². The fraction of sp³-hybridized carbons (Fsp3) is 0.611. The predicted octanol–water partition coefficient (Wildman–Crippen LogP) is 4.01. The van der Waals surface area contributed by atoms with Crippen molar-refractivity contribution in [1.82, 2.24) is 15.1 Å². The molecule has 0 bridgehead atoms. The Hall–Kier alpha value is -1.35. The molecule has 0 saturated carbocycles. The van der Waals surface area contributed by atoms with Crippen molar-refractivity contribution in [2.24, 2.45) is 5.41 Å². The van der Waals surface area contributed by atoms with E-state index in [0.29, 0.717) is 0 Å². The maximum absolute atomic E-state index is 4.83. The van der Waals surface area contributed by atoms with E-state index in [-0.39, 0.29) is 5.41 Å². The van der Waals surface area contributed by atoms with Gasteiger partial charge in [0.25, 0.3) is 0 Å². The summed E-state index contributed by atoms with van der Waals surface area (Å²) in [5, 5.41) is 9.65. The SMILES string of the molecule is CCCNCCC(C)(C)Cc1nn(CC)c2ccccc12. The lowest BCUT2D eigenvalue weighted by Gasteiger charge is -2.24. The highest BCUT2D eigenvalue weighted by atomic mass is 15.3. The molecule has 0 fully saturated rings. The van der Waals surface area contributed by atoms with Crippen molar-refractivity contribution in [3.05, 3.63) is 30.0 Å². The minimum atomic E-state index is 0.274. The molecule has 0 radical (unpaired) electrons. The molecule has 116 valence electrons. The number of para-hydroxylation sites is 1. The van der Waals surface area contributed by atoms with Gasteiger partial charge in [0.15, 0.2) is 0 Å². The van der Waals surface area contributed by atoms with Crippen LogP contribution in [0.3, 0.4) is 0 Å². The molecule has 0 aliphatic carbocycles. The van der Waals surface area contributed by atoms with Gasteiger partial charge in [-0.1, -0.05) is 39.0 Å². The van der Waals surface area contributed by atoms with Crippen molar-refractivity contribution < 1.29 is 0 Å². The first-order chi connectivity index (χ1) is 10.1. The van der Waals surface area contributed by atoms with Gasteiger partial charge in [0, 0.05) is 11.9 Å². The molecule has 0 aliphatic heterocycles. The molecule has 0 aliphatic rings. The molecular formula is C18H29N3. The quantitative estimate of drug-likeness (QED) is 0.743. The third-order valence-corrected chi connectivity index (χ3v) is 4.09. The predicted molar refractivity (Wildman–Crippen MR) is 90.7 cm³/mol. The van der Waals surface area contributed by atoms with Crippen LogP contribution in [-0.2, 0) is 13.0 Å². The molecule has 0 spiro atoms. The second kappa shape index (κ2) is 7.08. The van der Waals surface area contributed by atoms with Gasteiger partial charge in [0.2, 0.25) is 0 Å². The molecule has 0 saturated heterocycles. The van der Waals surface area contributed by atoms with Crippen LogP contribution >= 0.6 is 0 Å². The van der Waals surface area contributed by atoms with E-state index in [1.165, 1.54) is 29.4 Å². The molecule has 2 aromatic rings. The first-order valence-corrected chi connectivity index (χ1v) is 8.22. The largest absolute Gasteiger partial charge is 0.317 e. The van der Waals surface area contributed by atoms with Crippen molar-refractivity contribution >= 4 is 10.9 Å². The highest BCUT2D eigenvalue weighted by molar-refractivity contribution is 5.82. The fourth-order valence-electron chi connectivity index (χ4n) is 2.84. The summed E-state index contributed by atoms with van der Waals surface area (Å²) in [7, 11) is 0. The number of benzene rings is 1. The Morgan fingerprint density at radius 2 is 1.90 bits per heavy atom. The summed E-state index contributed by atoms with van der Waals surface area (Å²) in [5.74, 6) is 0. The Morgan fingerprint density at radius 1 is 1.14 bits per heavy atom. The van der Waals surface area contributed by atoms with Crippen molar-refractivity contribution in [2.45, 2.75) is 53.5 Å². The lowest BCUT2D eigenvalue weighted by atomic mass is 9.83. The third kappa shape index (κ3) is 4.07. The maximum Gasteiger partial charge on any atom is 0.0708 e. The summed E-state index contributed by atoms with van der Waals surface area (Å²) >= 11 is 0. The van der Waals surface area contributed by atoms with E-state index in [2.05, 4.69) is 62.0 Å². The standard InChI is InChI=1S/C18H29N3/c1-5-12-19-13-11-18(3,4)14-16-15-9-7-8-10-17(15)21(6-2)20-16/h7-10,19H,5-6,11-14H2,1-4H3. The van der Waals surface area contributed by atoms with Gasteiger partial charge in [-0.3, -0.25) is 4.68 Å². The molecule has 2 rings (SSSR count). The van der Waals surface area contributed by atoms with Gasteiger partial charge in [0.1, 0.15) is 0 Å². The number of aromatic nitrogens is 2. The molecule has 1 heterocycles. The molecule has 1 aromatic heterocycles. The van der Waals surface area contributed by atoms with Crippen LogP contribution < -0.4 is 5.32 Å². The van der Waals surface area contributed by atoms with Gasteiger partial charge in [0.05, 0.1) is 11.2 Å². The van der Waals surface area contributed by atoms with Crippen LogP contribution in [0.2, 0.25) is 0 Å². The van der Waals surface area contributed by atoms with Gasteiger partial charge < -0.3 is 5.32 Å². The Bertz CT molecular complexity index is 569. The molecule has 0 unspecified atom stereocenters. The minimum Gasteiger partial charge on any atom is -0.317 e. The van der Waals surface area contributed by atoms with Crippen LogP contribution in [0.25, 0.3) is 10.9 Å². The minimum absolute atomic E-state index is 0.274. The number of nitrogens with zero attached hydrogens (tertiary/aromatic N) is 2. The van der Waals surface area contributed by atoms with Crippen LogP contribution in [0.5, 0.6) is 0 Å². The lowest BCUT2D eigenvalue weighted by Crippen LogP contribution is -2.24. The topological polar surface area (TPSA) is 29.9 Å². The molecule has 1 N–H and O–H groups in total. The number of aryl methyl sites for hydroxylation is 1. The Balaban J connectivity index is 2.11. The number of nitrogens with one attached hydrogen (secondary N) is 1. The van der Waals surface area contributed by atoms with Crippen molar-refractivity contribution in [1.29, 1.82) is 0 Å². The summed E-state index contributed by atoms with van der Waals surface area (Å²) in [6.45, 7) is 12.2. The lowest BCUT2D eigenvalue weighted by molar-refractivity contribution is 0.322. The fourth-order valence-corrected chi connectivity index (χ4v) is 2.84. The third-order valence-electron chi connectivity index (χ3n) is 4.09. The molecule has 3 heteroatoms. The monoisotopic (exact) mass is 287 g/mol. The van der Waals surface area contributed by atoms with Gasteiger partial charge in [-0.2, -0.15) is 5.10 Å². The second-order valence-corrected chi connectivity index (χ2v) is 6.62. The smallest absolute Gasteiger partial charge is 0.0708 e. The van der Waals surface area contributed by atoms with E-state index in [0.717, 1.165) is 26.1 Å². The van der Waals surface area contributed by atoms with Crippen LogP contribution in [0.15, 0.2) is 24.3 Å². The number of hydrogen-bond acceptors (Lipinski definition) is 2. The highest BCUT2D eigenvalue weighted by Gasteiger charge is 2.21. The number of hydrogen-bond donors (Lipinski definition) is 1. The van der Waals surface area contributed by atoms with E-state index >= 15 is 0 Å². The van der Waals surface area contributed by atoms with E-state index in [9.17, 15) is 0 Å². The van der Waals surface area contributed by atoms with Crippen molar-refractivity contribution in [2.75, 3.05) is 13.1 Å². The van der Waals surface area contributed by atoms with Crippen LogP contribution in [-0.4, -0.2) is 22.9 Å². The molecule has 21 heavy (non-hydrogen) atoms. The highest BCUT2D eigenvalue weighted by Crippen LogP contribution is 2.29. The van der Waals surface area contributed by atoms with E-state index in [4.69, 9.17) is 5.10 Å². The van der Waals surface area contributed by atoms with Crippen molar-refractivity contribution in [3.8, 4) is 0 Å². The summed E-state index contributed by atoms with van der Waals surface area (Å²) in [6, 6.07) is 8.59. The first-order valence-electron chi connectivity index (χ1n) is 8.22. The maximum atomic E-state index is 4.83. The number of rotatable bonds is 8. The Morgan fingerprint density at radius 3 is 2.62 bits per heavy atom. The van der Waals surface area contributed by atoms with Gasteiger partial charge in [-0.25, -0.2) is 0 Å². The summed E-state index contributed by atoms with van der Waals surface area (Å²) in [4.78, 5) is 0. The summed E-state index contributed by atoms with van der Waals surface area (Å²) < 4.78 is 2.12. The molecule has 3 nitrogen and oxygen atoms in total. The van der Waals surface area contributed by atoms with E-state index < -0.39 is 0 Å².